The number of anilines is 1. The van der Waals surface area contributed by atoms with Gasteiger partial charge < -0.3 is 14.7 Å². The van der Waals surface area contributed by atoms with Gasteiger partial charge in [0.2, 0.25) is 0 Å². The SMILES string of the molecule is CCN(CC)c1ccc2c(c1)Cc1c(-c3ccc(-c4ccc(O)c(OC)c4)nc3)n[nH]c1-2. The number of hydrogen-bond acceptors (Lipinski definition) is 5. The van der Waals surface area contributed by atoms with E-state index in [1.54, 1.807) is 12.1 Å². The molecule has 0 amide bonds. The van der Waals surface area contributed by atoms with E-state index in [0.717, 1.165) is 47.7 Å². The maximum Gasteiger partial charge on any atom is 0.161 e. The van der Waals surface area contributed by atoms with Crippen LogP contribution in [0.25, 0.3) is 33.8 Å². The van der Waals surface area contributed by atoms with Gasteiger partial charge in [0.05, 0.1) is 24.2 Å². The summed E-state index contributed by atoms with van der Waals surface area (Å²) in [6.07, 6.45) is 2.72. The van der Waals surface area contributed by atoms with Crippen LogP contribution in [0.5, 0.6) is 11.5 Å². The minimum atomic E-state index is 0.115. The largest absolute Gasteiger partial charge is 0.504 e. The van der Waals surface area contributed by atoms with Gasteiger partial charge >= 0.3 is 0 Å². The van der Waals surface area contributed by atoms with Crippen molar-refractivity contribution in [1.29, 1.82) is 0 Å². The summed E-state index contributed by atoms with van der Waals surface area (Å²) in [6, 6.07) is 16.0. The van der Waals surface area contributed by atoms with Crippen molar-refractivity contribution in [2.24, 2.45) is 0 Å². The van der Waals surface area contributed by atoms with Crippen molar-refractivity contribution in [2.45, 2.75) is 20.3 Å². The van der Waals surface area contributed by atoms with Crippen molar-refractivity contribution in [3.63, 3.8) is 0 Å². The molecular formula is C26H26N4O2. The predicted octanol–water partition coefficient (Wildman–Crippen LogP) is 5.27. The zero-order valence-electron chi connectivity index (χ0n) is 18.5. The number of aromatic amines is 1. The van der Waals surface area contributed by atoms with Gasteiger partial charge in [0, 0.05) is 53.6 Å². The lowest BCUT2D eigenvalue weighted by Gasteiger charge is -2.21. The highest BCUT2D eigenvalue weighted by Crippen LogP contribution is 2.41. The van der Waals surface area contributed by atoms with Gasteiger partial charge in [0.1, 0.15) is 0 Å². The van der Waals surface area contributed by atoms with E-state index < -0.39 is 0 Å². The Hall–Kier alpha value is -3.80. The number of H-pyrrole nitrogens is 1. The number of hydrogen-bond donors (Lipinski definition) is 2. The first-order valence-corrected chi connectivity index (χ1v) is 10.9. The molecule has 0 bridgehead atoms. The number of methoxy groups -OCH3 is 1. The molecule has 162 valence electrons. The molecule has 2 aromatic carbocycles. The number of rotatable bonds is 6. The monoisotopic (exact) mass is 426 g/mol. The summed E-state index contributed by atoms with van der Waals surface area (Å²) in [5.41, 5.74) is 9.78. The molecule has 2 N–H and O–H groups in total. The number of pyridine rings is 1. The highest BCUT2D eigenvalue weighted by atomic mass is 16.5. The lowest BCUT2D eigenvalue weighted by molar-refractivity contribution is 0.373. The van der Waals surface area contributed by atoms with Crippen LogP contribution in [0.2, 0.25) is 0 Å². The fraction of sp³-hybridized carbons (Fsp3) is 0.231. The van der Waals surface area contributed by atoms with Crippen molar-refractivity contribution >= 4 is 5.69 Å². The molecule has 1 aliphatic carbocycles. The summed E-state index contributed by atoms with van der Waals surface area (Å²) in [6.45, 7) is 6.37. The third kappa shape index (κ3) is 3.28. The molecule has 0 saturated heterocycles. The molecule has 0 saturated carbocycles. The van der Waals surface area contributed by atoms with Gasteiger partial charge in [0.25, 0.3) is 0 Å². The van der Waals surface area contributed by atoms with Crippen LogP contribution < -0.4 is 9.64 Å². The first-order chi connectivity index (χ1) is 15.6. The van der Waals surface area contributed by atoms with Crippen LogP contribution in [0.15, 0.2) is 54.7 Å². The second-order valence-electron chi connectivity index (χ2n) is 7.94. The maximum atomic E-state index is 9.83. The Balaban J connectivity index is 1.44. The highest BCUT2D eigenvalue weighted by molar-refractivity contribution is 5.82. The molecule has 0 unspecified atom stereocenters. The van der Waals surface area contributed by atoms with Crippen molar-refractivity contribution in [2.75, 3.05) is 25.1 Å². The van der Waals surface area contributed by atoms with E-state index in [-0.39, 0.29) is 5.75 Å². The summed E-state index contributed by atoms with van der Waals surface area (Å²) in [5, 5.41) is 17.7. The van der Waals surface area contributed by atoms with Gasteiger partial charge in [-0.05, 0) is 61.9 Å². The highest BCUT2D eigenvalue weighted by Gasteiger charge is 2.26. The van der Waals surface area contributed by atoms with Crippen molar-refractivity contribution in [3.05, 3.63) is 65.9 Å². The van der Waals surface area contributed by atoms with Crippen LogP contribution in [-0.4, -0.2) is 40.5 Å². The molecule has 2 aromatic heterocycles. The third-order valence-electron chi connectivity index (χ3n) is 6.23. The number of ether oxygens (including phenoxy) is 1. The standard InChI is InChI=1S/C26H26N4O2/c1-4-30(5-2)19-8-9-20-18(12-19)13-21-25(28-29-26(20)21)17-6-10-22(27-15-17)16-7-11-23(31)24(14-16)32-3/h6-12,14-15,31H,4-5,13H2,1-3H3,(H,28,29). The molecule has 5 rings (SSSR count). The number of fused-ring (bicyclic) bond motifs is 3. The number of benzene rings is 2. The van der Waals surface area contributed by atoms with Gasteiger partial charge in [-0.25, -0.2) is 0 Å². The molecule has 0 atom stereocenters. The van der Waals surface area contributed by atoms with Gasteiger partial charge in [-0.2, -0.15) is 5.10 Å². The van der Waals surface area contributed by atoms with E-state index in [4.69, 9.17) is 4.74 Å². The topological polar surface area (TPSA) is 74.3 Å². The summed E-state index contributed by atoms with van der Waals surface area (Å²) in [5.74, 6) is 0.545. The quantitative estimate of drug-likeness (QED) is 0.387. The third-order valence-corrected chi connectivity index (χ3v) is 6.23. The second kappa shape index (κ2) is 8.04. The molecule has 2 heterocycles. The minimum absolute atomic E-state index is 0.115. The molecule has 6 nitrogen and oxygen atoms in total. The van der Waals surface area contributed by atoms with Crippen LogP contribution in [0, 0.1) is 0 Å². The van der Waals surface area contributed by atoms with Crippen LogP contribution in [0.1, 0.15) is 25.0 Å². The summed E-state index contributed by atoms with van der Waals surface area (Å²) in [7, 11) is 1.54. The normalized spacial score (nSPS) is 11.8. The van der Waals surface area contributed by atoms with E-state index in [0.29, 0.717) is 5.75 Å². The predicted molar refractivity (Wildman–Crippen MR) is 127 cm³/mol. The summed E-state index contributed by atoms with van der Waals surface area (Å²) in [4.78, 5) is 7.01. The zero-order valence-corrected chi connectivity index (χ0v) is 18.5. The van der Waals surface area contributed by atoms with E-state index >= 15 is 0 Å². The fourth-order valence-electron chi connectivity index (χ4n) is 4.49. The summed E-state index contributed by atoms with van der Waals surface area (Å²) < 4.78 is 5.21. The molecule has 32 heavy (non-hydrogen) atoms. The molecular weight excluding hydrogens is 400 g/mol. The molecule has 0 fully saturated rings. The Labute approximate surface area is 187 Å². The lowest BCUT2D eigenvalue weighted by Crippen LogP contribution is -2.21. The van der Waals surface area contributed by atoms with Gasteiger partial charge in [-0.1, -0.05) is 6.07 Å². The smallest absolute Gasteiger partial charge is 0.161 e. The molecule has 4 aromatic rings. The van der Waals surface area contributed by atoms with Crippen LogP contribution >= 0.6 is 0 Å². The average molecular weight is 427 g/mol. The van der Waals surface area contributed by atoms with Crippen LogP contribution in [0.3, 0.4) is 0 Å². The molecule has 0 aliphatic heterocycles. The zero-order chi connectivity index (χ0) is 22.2. The van der Waals surface area contributed by atoms with E-state index in [1.807, 2.05) is 24.4 Å². The Morgan fingerprint density at radius 3 is 2.56 bits per heavy atom. The van der Waals surface area contributed by atoms with Gasteiger partial charge in [-0.15, -0.1) is 0 Å². The number of aromatic nitrogens is 3. The Morgan fingerprint density at radius 1 is 1.03 bits per heavy atom. The average Bonchev–Trinajstić information content (AvgIpc) is 3.39. The molecule has 1 aliphatic rings. The van der Waals surface area contributed by atoms with Crippen LogP contribution in [0.4, 0.5) is 5.69 Å². The van der Waals surface area contributed by atoms with Gasteiger partial charge in [-0.3, -0.25) is 10.1 Å². The lowest BCUT2D eigenvalue weighted by atomic mass is 10.0. The molecule has 0 spiro atoms. The number of phenols is 1. The maximum absolute atomic E-state index is 9.83. The Morgan fingerprint density at radius 2 is 1.84 bits per heavy atom. The van der Waals surface area contributed by atoms with Crippen LogP contribution in [-0.2, 0) is 6.42 Å². The number of nitrogens with zero attached hydrogens (tertiary/aromatic N) is 3. The van der Waals surface area contributed by atoms with Crippen molar-refractivity contribution < 1.29 is 9.84 Å². The van der Waals surface area contributed by atoms with Crippen molar-refractivity contribution in [3.8, 4) is 45.3 Å². The molecule has 6 heteroatoms. The minimum Gasteiger partial charge on any atom is -0.504 e. The second-order valence-corrected chi connectivity index (χ2v) is 7.94. The van der Waals surface area contributed by atoms with Crippen molar-refractivity contribution in [1.82, 2.24) is 15.2 Å². The number of aromatic hydroxyl groups is 1. The van der Waals surface area contributed by atoms with E-state index in [2.05, 4.69) is 52.1 Å². The first kappa shape index (κ1) is 20.1. The molecule has 0 radical (unpaired) electrons. The van der Waals surface area contributed by atoms with E-state index in [1.165, 1.54) is 29.5 Å². The van der Waals surface area contributed by atoms with E-state index in [9.17, 15) is 5.11 Å². The first-order valence-electron chi connectivity index (χ1n) is 10.9. The number of phenolic OH excluding ortho intramolecular Hbond substituents is 1. The Kier molecular flexibility index (Phi) is 5.05. The fourth-order valence-corrected chi connectivity index (χ4v) is 4.49. The summed E-state index contributed by atoms with van der Waals surface area (Å²) >= 11 is 0. The Bertz CT molecular complexity index is 1270. The van der Waals surface area contributed by atoms with Gasteiger partial charge in [0.15, 0.2) is 11.5 Å². The number of nitrogens with one attached hydrogen (secondary N) is 1.